The van der Waals surface area contributed by atoms with Crippen molar-refractivity contribution in [2.24, 2.45) is 0 Å². The number of hydrogen-bond donors (Lipinski definition) is 1. The van der Waals surface area contributed by atoms with Crippen LogP contribution in [-0.2, 0) is 11.2 Å². The summed E-state index contributed by atoms with van der Waals surface area (Å²) < 4.78 is 18.2. The normalized spacial score (nSPS) is 10.1. The van der Waals surface area contributed by atoms with Crippen molar-refractivity contribution in [3.05, 3.63) is 21.9 Å². The van der Waals surface area contributed by atoms with Crippen LogP contribution in [0.5, 0.6) is 11.5 Å². The monoisotopic (exact) mass is 276 g/mol. The number of rotatable bonds is 3. The summed E-state index contributed by atoms with van der Waals surface area (Å²) in [6, 6.07) is 1.06. The average Bonchev–Trinajstić information content (AvgIpc) is 2.18. The summed E-state index contributed by atoms with van der Waals surface area (Å²) in [5.41, 5.74) is 0.208. The van der Waals surface area contributed by atoms with Gasteiger partial charge >= 0.3 is 0 Å². The molecule has 0 saturated carbocycles. The van der Waals surface area contributed by atoms with Crippen LogP contribution in [0.15, 0.2) is 10.5 Å². The average molecular weight is 277 g/mol. The number of ketones is 1. The lowest BCUT2D eigenvalue weighted by Crippen LogP contribution is -2.01. The Balaban J connectivity index is 3.33. The van der Waals surface area contributed by atoms with Crippen molar-refractivity contribution < 1.29 is 19.0 Å². The third kappa shape index (κ3) is 2.47. The molecule has 0 saturated heterocycles. The van der Waals surface area contributed by atoms with Crippen LogP contribution in [0.1, 0.15) is 12.5 Å². The van der Waals surface area contributed by atoms with Crippen molar-refractivity contribution in [3.63, 3.8) is 0 Å². The predicted molar refractivity (Wildman–Crippen MR) is 56.7 cm³/mol. The summed E-state index contributed by atoms with van der Waals surface area (Å²) in [7, 11) is 1.32. The molecule has 0 atom stereocenters. The number of Topliss-reactive ketones (excluding diaryl/α,β-unsaturated/α-hetero) is 1. The molecule has 0 heterocycles. The number of phenolic OH excluding ortho intramolecular Hbond substituents is 1. The van der Waals surface area contributed by atoms with E-state index in [1.165, 1.54) is 14.0 Å². The van der Waals surface area contributed by atoms with E-state index in [0.717, 1.165) is 6.07 Å². The van der Waals surface area contributed by atoms with Crippen LogP contribution in [0.3, 0.4) is 0 Å². The molecule has 82 valence electrons. The van der Waals surface area contributed by atoms with Gasteiger partial charge in [-0.2, -0.15) is 0 Å². The first-order valence-electron chi connectivity index (χ1n) is 4.20. The highest BCUT2D eigenvalue weighted by atomic mass is 79.9. The van der Waals surface area contributed by atoms with Gasteiger partial charge in [0.15, 0.2) is 11.5 Å². The smallest absolute Gasteiger partial charge is 0.163 e. The maximum Gasteiger partial charge on any atom is 0.163 e. The minimum absolute atomic E-state index is 0.0203. The first-order valence-corrected chi connectivity index (χ1v) is 5.00. The fraction of sp³-hybridized carbons (Fsp3) is 0.300. The third-order valence-electron chi connectivity index (χ3n) is 1.90. The van der Waals surface area contributed by atoms with Crippen molar-refractivity contribution in [3.8, 4) is 11.5 Å². The van der Waals surface area contributed by atoms with Crippen molar-refractivity contribution in [1.29, 1.82) is 0 Å². The minimum Gasteiger partial charge on any atom is -0.504 e. The van der Waals surface area contributed by atoms with E-state index in [9.17, 15) is 14.3 Å². The lowest BCUT2D eigenvalue weighted by Gasteiger charge is -2.10. The van der Waals surface area contributed by atoms with Gasteiger partial charge in [-0.05, 0) is 22.9 Å². The van der Waals surface area contributed by atoms with Crippen molar-refractivity contribution in [2.45, 2.75) is 13.3 Å². The van der Waals surface area contributed by atoms with Crippen LogP contribution in [-0.4, -0.2) is 18.0 Å². The van der Waals surface area contributed by atoms with Gasteiger partial charge in [-0.1, -0.05) is 0 Å². The number of hydrogen-bond acceptors (Lipinski definition) is 3. The quantitative estimate of drug-likeness (QED) is 0.923. The SMILES string of the molecule is COc1cc(F)c(Br)c(CC(C)=O)c1O. The molecule has 0 aliphatic carbocycles. The lowest BCUT2D eigenvalue weighted by atomic mass is 10.1. The summed E-state index contributed by atoms with van der Waals surface area (Å²) in [6.45, 7) is 1.36. The zero-order valence-corrected chi connectivity index (χ0v) is 9.89. The van der Waals surface area contributed by atoms with E-state index < -0.39 is 5.82 Å². The molecular weight excluding hydrogens is 267 g/mol. The fourth-order valence-corrected chi connectivity index (χ4v) is 1.65. The van der Waals surface area contributed by atoms with Gasteiger partial charge in [0.1, 0.15) is 11.6 Å². The van der Waals surface area contributed by atoms with E-state index in [4.69, 9.17) is 4.74 Å². The van der Waals surface area contributed by atoms with Crippen molar-refractivity contribution in [2.75, 3.05) is 7.11 Å². The molecule has 1 N–H and O–H groups in total. The highest BCUT2D eigenvalue weighted by Crippen LogP contribution is 2.37. The number of carbonyl (C=O) groups is 1. The maximum absolute atomic E-state index is 13.3. The van der Waals surface area contributed by atoms with Crippen molar-refractivity contribution in [1.82, 2.24) is 0 Å². The molecule has 0 spiro atoms. The predicted octanol–water partition coefficient (Wildman–Crippen LogP) is 2.43. The minimum atomic E-state index is -0.569. The number of halogens is 2. The maximum atomic E-state index is 13.3. The van der Waals surface area contributed by atoms with Crippen LogP contribution in [0.4, 0.5) is 4.39 Å². The fourth-order valence-electron chi connectivity index (χ4n) is 1.21. The molecule has 0 aliphatic rings. The van der Waals surface area contributed by atoms with E-state index in [1.807, 2.05) is 0 Å². The van der Waals surface area contributed by atoms with E-state index >= 15 is 0 Å². The summed E-state index contributed by atoms with van der Waals surface area (Å²) >= 11 is 2.98. The van der Waals surface area contributed by atoms with Crippen LogP contribution >= 0.6 is 15.9 Å². The largest absolute Gasteiger partial charge is 0.504 e. The number of carbonyl (C=O) groups excluding carboxylic acids is 1. The Morgan fingerprint density at radius 1 is 1.67 bits per heavy atom. The summed E-state index contributed by atoms with van der Waals surface area (Å²) in [6.07, 6.45) is -0.0411. The molecule has 15 heavy (non-hydrogen) atoms. The highest BCUT2D eigenvalue weighted by Gasteiger charge is 2.17. The molecule has 1 rings (SSSR count). The molecule has 5 heteroatoms. The van der Waals surface area contributed by atoms with Gasteiger partial charge in [0.25, 0.3) is 0 Å². The van der Waals surface area contributed by atoms with Crippen LogP contribution in [0.25, 0.3) is 0 Å². The second kappa shape index (κ2) is 4.61. The molecule has 0 fully saturated rings. The molecule has 1 aromatic carbocycles. The van der Waals surface area contributed by atoms with E-state index in [2.05, 4.69) is 15.9 Å². The third-order valence-corrected chi connectivity index (χ3v) is 2.75. The Hall–Kier alpha value is -1.10. The topological polar surface area (TPSA) is 46.5 Å². The molecule has 0 amide bonds. The number of benzene rings is 1. The molecule has 0 unspecified atom stereocenters. The second-order valence-corrected chi connectivity index (χ2v) is 3.87. The van der Waals surface area contributed by atoms with Gasteiger partial charge in [0, 0.05) is 18.1 Å². The Labute approximate surface area is 95.0 Å². The lowest BCUT2D eigenvalue weighted by molar-refractivity contribution is -0.116. The molecular formula is C10H10BrFO3. The summed E-state index contributed by atoms with van der Waals surface area (Å²) in [4.78, 5) is 10.9. The van der Waals surface area contributed by atoms with Gasteiger partial charge in [0.05, 0.1) is 11.6 Å². The summed E-state index contributed by atoms with van der Waals surface area (Å²) in [5.74, 6) is -0.924. The van der Waals surface area contributed by atoms with E-state index in [1.54, 1.807) is 0 Å². The van der Waals surface area contributed by atoms with Crippen LogP contribution < -0.4 is 4.74 Å². The number of methoxy groups -OCH3 is 1. The number of phenols is 1. The standard InChI is InChI=1S/C10H10BrFO3/c1-5(13)3-6-9(11)7(12)4-8(15-2)10(6)14/h4,14H,3H2,1-2H3. The Kier molecular flexibility index (Phi) is 3.68. The summed E-state index contributed by atoms with van der Waals surface area (Å²) in [5, 5.41) is 9.67. The number of ether oxygens (including phenoxy) is 1. The Bertz CT molecular complexity index is 404. The first-order chi connectivity index (χ1) is 6.97. The van der Waals surface area contributed by atoms with Gasteiger partial charge in [-0.3, -0.25) is 4.79 Å². The zero-order chi connectivity index (χ0) is 11.6. The Morgan fingerprint density at radius 3 is 2.73 bits per heavy atom. The molecule has 1 aromatic rings. The van der Waals surface area contributed by atoms with E-state index in [-0.39, 0.29) is 33.7 Å². The second-order valence-electron chi connectivity index (χ2n) is 3.08. The Morgan fingerprint density at radius 2 is 2.27 bits per heavy atom. The first kappa shape index (κ1) is 12.0. The van der Waals surface area contributed by atoms with Crippen LogP contribution in [0, 0.1) is 5.82 Å². The van der Waals surface area contributed by atoms with E-state index in [0.29, 0.717) is 0 Å². The van der Waals surface area contributed by atoms with Gasteiger partial charge in [0.2, 0.25) is 0 Å². The zero-order valence-electron chi connectivity index (χ0n) is 8.30. The van der Waals surface area contributed by atoms with Crippen molar-refractivity contribution >= 4 is 21.7 Å². The molecule has 0 aliphatic heterocycles. The van der Waals surface area contributed by atoms with Gasteiger partial charge in [-0.15, -0.1) is 0 Å². The van der Waals surface area contributed by atoms with Crippen LogP contribution in [0.2, 0.25) is 0 Å². The van der Waals surface area contributed by atoms with Gasteiger partial charge in [-0.25, -0.2) is 4.39 Å². The molecule has 3 nitrogen and oxygen atoms in total. The number of aromatic hydroxyl groups is 1. The molecule has 0 bridgehead atoms. The van der Waals surface area contributed by atoms with Gasteiger partial charge < -0.3 is 9.84 Å². The molecule has 0 aromatic heterocycles. The highest BCUT2D eigenvalue weighted by molar-refractivity contribution is 9.10. The molecule has 0 radical (unpaired) electrons.